The summed E-state index contributed by atoms with van der Waals surface area (Å²) in [5, 5.41) is 7.51. The molecule has 1 aromatic carbocycles. The van der Waals surface area contributed by atoms with Crippen molar-refractivity contribution in [3.63, 3.8) is 0 Å². The molecule has 6 heteroatoms. The van der Waals surface area contributed by atoms with Crippen LogP contribution in [0.15, 0.2) is 22.7 Å². The number of nitrogen functional groups attached to an aromatic ring is 1. The Bertz CT molecular complexity index is 399. The molecule has 0 atom stereocenters. The molecule has 0 aromatic heterocycles. The molecule has 0 heterocycles. The zero-order chi connectivity index (χ0) is 13.4. The molecule has 0 amide bonds. The maximum Gasteiger partial charge on any atom is 0.131 e. The maximum absolute atomic E-state index is 7.51. The molecule has 0 bridgehead atoms. The van der Waals surface area contributed by atoms with Crippen molar-refractivity contribution in [1.82, 2.24) is 0 Å². The highest BCUT2D eigenvalue weighted by molar-refractivity contribution is 9.10. The largest absolute Gasteiger partial charge is 0.490 e. The first-order chi connectivity index (χ1) is 8.66. The van der Waals surface area contributed by atoms with Crippen LogP contribution in [0.25, 0.3) is 0 Å². The van der Waals surface area contributed by atoms with Crippen LogP contribution in [0.2, 0.25) is 0 Å². The van der Waals surface area contributed by atoms with Gasteiger partial charge in [-0.1, -0.05) is 6.07 Å². The SMILES string of the molecule is COCCOCCOc1cccc(Br)c1C(=N)N. The lowest BCUT2D eigenvalue weighted by molar-refractivity contribution is 0.0544. The van der Waals surface area contributed by atoms with Gasteiger partial charge in [0.05, 0.1) is 25.4 Å². The van der Waals surface area contributed by atoms with Gasteiger partial charge in [-0.25, -0.2) is 0 Å². The first-order valence-corrected chi connectivity index (χ1v) is 6.28. The molecule has 0 spiro atoms. The van der Waals surface area contributed by atoms with Crippen molar-refractivity contribution in [3.05, 3.63) is 28.2 Å². The standard InChI is InChI=1S/C12H17BrN2O3/c1-16-5-6-17-7-8-18-10-4-2-3-9(13)11(10)12(14)15/h2-4H,5-8H2,1H3,(H3,14,15). The van der Waals surface area contributed by atoms with Gasteiger partial charge in [-0.05, 0) is 28.1 Å². The third kappa shape index (κ3) is 4.64. The van der Waals surface area contributed by atoms with Gasteiger partial charge in [0.25, 0.3) is 0 Å². The number of hydrogen-bond donors (Lipinski definition) is 2. The minimum Gasteiger partial charge on any atom is -0.490 e. The summed E-state index contributed by atoms with van der Waals surface area (Å²) in [5.41, 5.74) is 6.08. The number of ether oxygens (including phenoxy) is 3. The van der Waals surface area contributed by atoms with Crippen molar-refractivity contribution in [2.45, 2.75) is 0 Å². The van der Waals surface area contributed by atoms with Gasteiger partial charge in [-0.3, -0.25) is 5.41 Å². The number of rotatable bonds is 8. The van der Waals surface area contributed by atoms with Gasteiger partial charge < -0.3 is 19.9 Å². The average molecular weight is 317 g/mol. The van der Waals surface area contributed by atoms with Gasteiger partial charge in [0.1, 0.15) is 18.2 Å². The van der Waals surface area contributed by atoms with Crippen molar-refractivity contribution < 1.29 is 14.2 Å². The Labute approximate surface area is 115 Å². The van der Waals surface area contributed by atoms with E-state index in [1.165, 1.54) is 0 Å². The fourth-order valence-electron chi connectivity index (χ4n) is 1.34. The molecule has 0 aliphatic heterocycles. The van der Waals surface area contributed by atoms with E-state index in [2.05, 4.69) is 15.9 Å². The normalized spacial score (nSPS) is 10.3. The Morgan fingerprint density at radius 1 is 1.28 bits per heavy atom. The minimum absolute atomic E-state index is 0.0298. The Balaban J connectivity index is 2.47. The lowest BCUT2D eigenvalue weighted by atomic mass is 10.2. The van der Waals surface area contributed by atoms with Crippen molar-refractivity contribution in [2.24, 2.45) is 5.73 Å². The first kappa shape index (κ1) is 14.9. The van der Waals surface area contributed by atoms with E-state index in [0.29, 0.717) is 37.7 Å². The average Bonchev–Trinajstić information content (AvgIpc) is 2.33. The number of nitrogens with two attached hydrogens (primary N) is 1. The second-order valence-electron chi connectivity index (χ2n) is 3.48. The highest BCUT2D eigenvalue weighted by Crippen LogP contribution is 2.26. The molecule has 1 aromatic rings. The van der Waals surface area contributed by atoms with E-state index in [9.17, 15) is 0 Å². The molecule has 100 valence electrons. The molecule has 0 fully saturated rings. The summed E-state index contributed by atoms with van der Waals surface area (Å²) < 4.78 is 16.4. The molecule has 5 nitrogen and oxygen atoms in total. The third-order valence-electron chi connectivity index (χ3n) is 2.16. The van der Waals surface area contributed by atoms with Crippen molar-refractivity contribution in [3.8, 4) is 5.75 Å². The van der Waals surface area contributed by atoms with E-state index < -0.39 is 0 Å². The summed E-state index contributed by atoms with van der Waals surface area (Å²) in [6.45, 7) is 1.97. The second kappa shape index (κ2) is 8.07. The number of nitrogens with one attached hydrogen (secondary N) is 1. The fourth-order valence-corrected chi connectivity index (χ4v) is 1.90. The summed E-state index contributed by atoms with van der Waals surface area (Å²) >= 11 is 3.34. The van der Waals surface area contributed by atoms with Crippen molar-refractivity contribution >= 4 is 21.8 Å². The Morgan fingerprint density at radius 2 is 2.00 bits per heavy atom. The van der Waals surface area contributed by atoms with Crippen LogP contribution in [0.5, 0.6) is 5.75 Å². The molecule has 0 aliphatic rings. The molecule has 0 aliphatic carbocycles. The van der Waals surface area contributed by atoms with E-state index >= 15 is 0 Å². The lowest BCUT2D eigenvalue weighted by Crippen LogP contribution is -2.16. The number of benzene rings is 1. The summed E-state index contributed by atoms with van der Waals surface area (Å²) in [5.74, 6) is 0.546. The lowest BCUT2D eigenvalue weighted by Gasteiger charge is -2.12. The quantitative estimate of drug-likeness (QED) is 0.435. The van der Waals surface area contributed by atoms with Crippen LogP contribution < -0.4 is 10.5 Å². The number of halogens is 1. The highest BCUT2D eigenvalue weighted by Gasteiger charge is 2.10. The Hall–Kier alpha value is -1.11. The van der Waals surface area contributed by atoms with Crippen LogP contribution >= 0.6 is 15.9 Å². The topological polar surface area (TPSA) is 77.6 Å². The van der Waals surface area contributed by atoms with Gasteiger partial charge >= 0.3 is 0 Å². The van der Waals surface area contributed by atoms with Crippen LogP contribution in [0.3, 0.4) is 0 Å². The van der Waals surface area contributed by atoms with Crippen LogP contribution in [-0.2, 0) is 9.47 Å². The van der Waals surface area contributed by atoms with Gasteiger partial charge in [0, 0.05) is 11.6 Å². The number of hydrogen-bond acceptors (Lipinski definition) is 4. The van der Waals surface area contributed by atoms with Crippen molar-refractivity contribution in [2.75, 3.05) is 33.5 Å². The van der Waals surface area contributed by atoms with E-state index in [-0.39, 0.29) is 5.84 Å². The van der Waals surface area contributed by atoms with Gasteiger partial charge in [-0.2, -0.15) is 0 Å². The minimum atomic E-state index is -0.0298. The maximum atomic E-state index is 7.51. The Kier molecular flexibility index (Phi) is 6.70. The van der Waals surface area contributed by atoms with E-state index in [0.717, 1.165) is 4.47 Å². The van der Waals surface area contributed by atoms with Gasteiger partial charge in [-0.15, -0.1) is 0 Å². The number of amidine groups is 1. The molecule has 0 radical (unpaired) electrons. The summed E-state index contributed by atoms with van der Waals surface area (Å²) in [7, 11) is 1.63. The third-order valence-corrected chi connectivity index (χ3v) is 2.82. The van der Waals surface area contributed by atoms with Crippen LogP contribution in [-0.4, -0.2) is 39.4 Å². The van der Waals surface area contributed by atoms with Crippen LogP contribution in [0, 0.1) is 5.41 Å². The predicted octanol–water partition coefficient (Wildman–Crippen LogP) is 1.77. The predicted molar refractivity (Wildman–Crippen MR) is 73.3 cm³/mol. The van der Waals surface area contributed by atoms with Crippen LogP contribution in [0.4, 0.5) is 0 Å². The van der Waals surface area contributed by atoms with E-state index in [1.807, 2.05) is 12.1 Å². The Morgan fingerprint density at radius 3 is 2.67 bits per heavy atom. The molecule has 3 N–H and O–H groups in total. The zero-order valence-corrected chi connectivity index (χ0v) is 11.8. The molecule has 0 saturated heterocycles. The molecule has 0 saturated carbocycles. The highest BCUT2D eigenvalue weighted by atomic mass is 79.9. The smallest absolute Gasteiger partial charge is 0.131 e. The van der Waals surface area contributed by atoms with Gasteiger partial charge in [0.2, 0.25) is 0 Å². The molecule has 0 unspecified atom stereocenters. The van der Waals surface area contributed by atoms with E-state index in [1.54, 1.807) is 13.2 Å². The number of methoxy groups -OCH3 is 1. The van der Waals surface area contributed by atoms with Gasteiger partial charge in [0.15, 0.2) is 0 Å². The zero-order valence-electron chi connectivity index (χ0n) is 10.2. The second-order valence-corrected chi connectivity index (χ2v) is 4.33. The molecule has 18 heavy (non-hydrogen) atoms. The summed E-state index contributed by atoms with van der Waals surface area (Å²) in [6.07, 6.45) is 0. The van der Waals surface area contributed by atoms with E-state index in [4.69, 9.17) is 25.4 Å². The van der Waals surface area contributed by atoms with Crippen molar-refractivity contribution in [1.29, 1.82) is 5.41 Å². The monoisotopic (exact) mass is 316 g/mol. The molecular weight excluding hydrogens is 300 g/mol. The summed E-state index contributed by atoms with van der Waals surface area (Å²) in [6, 6.07) is 5.42. The summed E-state index contributed by atoms with van der Waals surface area (Å²) in [4.78, 5) is 0. The molecular formula is C12H17BrN2O3. The molecule has 1 rings (SSSR count). The fraction of sp³-hybridized carbons (Fsp3) is 0.417. The first-order valence-electron chi connectivity index (χ1n) is 5.49. The van der Waals surface area contributed by atoms with Crippen LogP contribution in [0.1, 0.15) is 5.56 Å².